The van der Waals surface area contributed by atoms with Crippen molar-refractivity contribution in [3.63, 3.8) is 0 Å². The van der Waals surface area contributed by atoms with E-state index in [-0.39, 0.29) is 12.7 Å². The number of hydrogen-bond donors (Lipinski definition) is 1. The summed E-state index contributed by atoms with van der Waals surface area (Å²) >= 11 is 0. The number of nitrogens with one attached hydrogen (secondary N) is 1. The van der Waals surface area contributed by atoms with Crippen LogP contribution in [0.3, 0.4) is 0 Å². The summed E-state index contributed by atoms with van der Waals surface area (Å²) in [5.74, 6) is 3.00. The summed E-state index contributed by atoms with van der Waals surface area (Å²) in [6.45, 7) is 5.66. The van der Waals surface area contributed by atoms with Gasteiger partial charge in [0.25, 0.3) is 5.91 Å². The highest BCUT2D eigenvalue weighted by Gasteiger charge is 2.31. The van der Waals surface area contributed by atoms with Gasteiger partial charge in [0.2, 0.25) is 6.79 Å². The van der Waals surface area contributed by atoms with Crippen LogP contribution in [0.2, 0.25) is 0 Å². The summed E-state index contributed by atoms with van der Waals surface area (Å²) < 4.78 is 17.1. The number of carbonyl (C=O) groups excluding carboxylic acids is 1. The first-order chi connectivity index (χ1) is 19.7. The largest absolute Gasteiger partial charge is 0.489 e. The van der Waals surface area contributed by atoms with Gasteiger partial charge in [-0.2, -0.15) is 0 Å². The molecule has 7 rings (SSSR count). The second-order valence-electron chi connectivity index (χ2n) is 11.2. The minimum Gasteiger partial charge on any atom is -0.489 e. The van der Waals surface area contributed by atoms with Crippen LogP contribution in [-0.4, -0.2) is 60.2 Å². The fourth-order valence-electron chi connectivity index (χ4n) is 6.36. The predicted molar refractivity (Wildman–Crippen MR) is 154 cm³/mol. The Hall–Kier alpha value is -3.97. The van der Waals surface area contributed by atoms with E-state index in [1.54, 1.807) is 0 Å². The number of benzene rings is 3. The van der Waals surface area contributed by atoms with Gasteiger partial charge in [-0.3, -0.25) is 4.79 Å². The van der Waals surface area contributed by atoms with Crippen molar-refractivity contribution >= 4 is 16.8 Å². The van der Waals surface area contributed by atoms with Crippen molar-refractivity contribution in [3.8, 4) is 17.2 Å². The number of likely N-dealkylation sites (tertiary alicyclic amines) is 1. The minimum absolute atomic E-state index is 0.129. The van der Waals surface area contributed by atoms with Gasteiger partial charge in [-0.05, 0) is 91.7 Å². The molecule has 206 valence electrons. The highest BCUT2D eigenvalue weighted by atomic mass is 16.7. The van der Waals surface area contributed by atoms with Gasteiger partial charge in [0.05, 0.1) is 0 Å². The molecule has 1 saturated heterocycles. The number of carbonyl (C=O) groups is 1. The van der Waals surface area contributed by atoms with Gasteiger partial charge in [-0.25, -0.2) is 0 Å². The Bertz CT molecular complexity index is 1520. The minimum atomic E-state index is 0.129. The Morgan fingerprint density at radius 3 is 2.77 bits per heavy atom. The summed E-state index contributed by atoms with van der Waals surface area (Å²) in [6, 6.07) is 20.4. The third kappa shape index (κ3) is 5.13. The SMILES string of the molecule is O=C1c2cc3c(cc2CCN1CC1CCN(CCCc2c[nH]c4ccc(OCc5ccccc5)cc24)C1)OCO3. The molecule has 1 amide bonds. The molecule has 1 aromatic heterocycles. The summed E-state index contributed by atoms with van der Waals surface area (Å²) in [5, 5.41) is 1.25. The number of rotatable bonds is 9. The molecule has 0 spiro atoms. The average Bonchev–Trinajstić information content (AvgIpc) is 3.73. The molecule has 1 unspecified atom stereocenters. The molecule has 0 saturated carbocycles. The van der Waals surface area contributed by atoms with Gasteiger partial charge in [0.15, 0.2) is 11.5 Å². The molecule has 3 aromatic carbocycles. The van der Waals surface area contributed by atoms with Crippen LogP contribution in [0.1, 0.15) is 39.9 Å². The Labute approximate surface area is 234 Å². The Kier molecular flexibility index (Phi) is 6.81. The van der Waals surface area contributed by atoms with Gasteiger partial charge in [-0.1, -0.05) is 30.3 Å². The fourth-order valence-corrected chi connectivity index (χ4v) is 6.36. The first kappa shape index (κ1) is 25.0. The summed E-state index contributed by atoms with van der Waals surface area (Å²) in [5.41, 5.74) is 5.51. The van der Waals surface area contributed by atoms with E-state index < -0.39 is 0 Å². The zero-order valence-corrected chi connectivity index (χ0v) is 22.7. The van der Waals surface area contributed by atoms with E-state index in [9.17, 15) is 4.79 Å². The summed E-state index contributed by atoms with van der Waals surface area (Å²) in [4.78, 5) is 21.3. The standard InChI is InChI=1S/C33H35N3O4/c37-33-29-17-32-31(39-22-40-32)15-25(29)11-14-36(33)20-24-10-13-35(19-24)12-4-7-26-18-34-30-9-8-27(16-28(26)30)38-21-23-5-2-1-3-6-23/h1-3,5-6,8-9,15-18,24,34H,4,7,10-14,19-22H2. The van der Waals surface area contributed by atoms with Gasteiger partial charge in [0.1, 0.15) is 12.4 Å². The first-order valence-electron chi connectivity index (χ1n) is 14.4. The molecular weight excluding hydrogens is 502 g/mol. The monoisotopic (exact) mass is 537 g/mol. The number of ether oxygens (including phenoxy) is 3. The molecule has 3 aliphatic heterocycles. The lowest BCUT2D eigenvalue weighted by Crippen LogP contribution is -2.41. The smallest absolute Gasteiger partial charge is 0.254 e. The molecule has 7 heteroatoms. The maximum atomic E-state index is 13.2. The van der Waals surface area contributed by atoms with Crippen molar-refractivity contribution in [2.24, 2.45) is 5.92 Å². The van der Waals surface area contributed by atoms with Crippen molar-refractivity contribution in [1.82, 2.24) is 14.8 Å². The molecule has 0 aliphatic carbocycles. The predicted octanol–water partition coefficient (Wildman–Crippen LogP) is 5.43. The quantitative estimate of drug-likeness (QED) is 0.309. The van der Waals surface area contributed by atoms with Crippen molar-refractivity contribution in [2.45, 2.75) is 32.3 Å². The Morgan fingerprint density at radius 1 is 1.00 bits per heavy atom. The number of hydrogen-bond acceptors (Lipinski definition) is 5. The van der Waals surface area contributed by atoms with Gasteiger partial charge < -0.3 is 29.0 Å². The Morgan fingerprint density at radius 2 is 1.88 bits per heavy atom. The van der Waals surface area contributed by atoms with Crippen LogP contribution >= 0.6 is 0 Å². The van der Waals surface area contributed by atoms with Gasteiger partial charge >= 0.3 is 0 Å². The number of aromatic nitrogens is 1. The normalized spacial score (nSPS) is 18.4. The summed E-state index contributed by atoms with van der Waals surface area (Å²) in [7, 11) is 0. The highest BCUT2D eigenvalue weighted by Crippen LogP contribution is 2.37. The van der Waals surface area contributed by atoms with Crippen LogP contribution in [0.15, 0.2) is 66.9 Å². The third-order valence-corrected chi connectivity index (χ3v) is 8.52. The zero-order valence-electron chi connectivity index (χ0n) is 22.7. The van der Waals surface area contributed by atoms with E-state index >= 15 is 0 Å². The van der Waals surface area contributed by atoms with E-state index in [2.05, 4.69) is 40.3 Å². The molecule has 4 heterocycles. The van der Waals surface area contributed by atoms with E-state index in [1.165, 1.54) is 16.5 Å². The zero-order chi connectivity index (χ0) is 26.9. The lowest BCUT2D eigenvalue weighted by Gasteiger charge is -2.31. The maximum absolute atomic E-state index is 13.2. The molecule has 1 atom stereocenters. The lowest BCUT2D eigenvalue weighted by atomic mass is 9.97. The van der Waals surface area contributed by atoms with Crippen molar-refractivity contribution in [2.75, 3.05) is 39.5 Å². The number of nitrogens with zero attached hydrogens (tertiary/aromatic N) is 2. The Balaban J connectivity index is 0.904. The first-order valence-corrected chi connectivity index (χ1v) is 14.4. The molecule has 0 bridgehead atoms. The molecule has 7 nitrogen and oxygen atoms in total. The molecule has 3 aliphatic rings. The number of aryl methyl sites for hydroxylation is 1. The number of aromatic amines is 1. The van der Waals surface area contributed by atoms with Crippen molar-refractivity contribution in [1.29, 1.82) is 0 Å². The average molecular weight is 538 g/mol. The van der Waals surface area contributed by atoms with Crippen LogP contribution in [-0.2, 0) is 19.4 Å². The molecule has 40 heavy (non-hydrogen) atoms. The van der Waals surface area contributed by atoms with E-state index in [1.807, 2.05) is 41.3 Å². The van der Waals surface area contributed by atoms with E-state index in [4.69, 9.17) is 14.2 Å². The second kappa shape index (κ2) is 10.9. The number of amides is 1. The number of H-pyrrole nitrogens is 1. The van der Waals surface area contributed by atoms with Crippen LogP contribution < -0.4 is 14.2 Å². The molecule has 1 fully saturated rings. The van der Waals surface area contributed by atoms with E-state index in [0.717, 1.165) is 86.5 Å². The highest BCUT2D eigenvalue weighted by molar-refractivity contribution is 5.97. The molecular formula is C33H35N3O4. The third-order valence-electron chi connectivity index (χ3n) is 8.52. The van der Waals surface area contributed by atoms with Crippen LogP contribution in [0, 0.1) is 5.92 Å². The van der Waals surface area contributed by atoms with Crippen LogP contribution in [0.25, 0.3) is 10.9 Å². The van der Waals surface area contributed by atoms with Crippen molar-refractivity contribution < 1.29 is 19.0 Å². The van der Waals surface area contributed by atoms with Gasteiger partial charge in [0, 0.05) is 42.3 Å². The van der Waals surface area contributed by atoms with Crippen molar-refractivity contribution in [3.05, 3.63) is 89.1 Å². The summed E-state index contributed by atoms with van der Waals surface area (Å²) in [6.07, 6.45) is 6.30. The van der Waals surface area contributed by atoms with E-state index in [0.29, 0.717) is 18.3 Å². The fraction of sp³-hybridized carbons (Fsp3) is 0.364. The maximum Gasteiger partial charge on any atom is 0.254 e. The number of fused-ring (bicyclic) bond motifs is 3. The topological polar surface area (TPSA) is 67.0 Å². The molecule has 4 aromatic rings. The van der Waals surface area contributed by atoms with Crippen LogP contribution in [0.4, 0.5) is 0 Å². The lowest BCUT2D eigenvalue weighted by molar-refractivity contribution is 0.0712. The molecule has 1 N–H and O–H groups in total. The van der Waals surface area contributed by atoms with Gasteiger partial charge in [-0.15, -0.1) is 0 Å². The van der Waals surface area contributed by atoms with Crippen LogP contribution in [0.5, 0.6) is 17.2 Å². The second-order valence-corrected chi connectivity index (χ2v) is 11.2. The molecule has 0 radical (unpaired) electrons.